The molecule has 0 radical (unpaired) electrons. The van der Waals surface area contributed by atoms with Gasteiger partial charge in [-0.3, -0.25) is 9.78 Å². The molecule has 0 saturated heterocycles. The van der Waals surface area contributed by atoms with Crippen LogP contribution >= 0.6 is 0 Å². The Bertz CT molecular complexity index is 482. The van der Waals surface area contributed by atoms with Crippen molar-refractivity contribution in [2.24, 2.45) is 5.73 Å². The average molecular weight is 279 g/mol. The summed E-state index contributed by atoms with van der Waals surface area (Å²) in [5, 5.41) is 2.41. The Labute approximate surface area is 118 Å². The van der Waals surface area contributed by atoms with Gasteiger partial charge in [-0.1, -0.05) is 0 Å². The number of nitrogens with zero attached hydrogens (tertiary/aromatic N) is 1. The number of carbonyl (C=O) groups is 2. The van der Waals surface area contributed by atoms with Crippen LogP contribution in [-0.2, 0) is 20.7 Å². The summed E-state index contributed by atoms with van der Waals surface area (Å²) in [6.45, 7) is 5.17. The van der Waals surface area contributed by atoms with Crippen LogP contribution in [0.15, 0.2) is 24.5 Å². The van der Waals surface area contributed by atoms with E-state index in [-0.39, 0.29) is 6.42 Å². The summed E-state index contributed by atoms with van der Waals surface area (Å²) in [4.78, 5) is 28.2. The Morgan fingerprint density at radius 2 is 1.85 bits per heavy atom. The van der Waals surface area contributed by atoms with Gasteiger partial charge in [0.2, 0.25) is 0 Å². The molecular formula is C14H21N3O3. The van der Waals surface area contributed by atoms with Crippen molar-refractivity contribution in [3.63, 3.8) is 0 Å². The summed E-state index contributed by atoms with van der Waals surface area (Å²) in [5.41, 5.74) is 4.29. The maximum absolute atomic E-state index is 12.3. The zero-order chi connectivity index (χ0) is 15.4. The summed E-state index contributed by atoms with van der Waals surface area (Å²) in [6.07, 6.45) is 3.20. The molecule has 3 N–H and O–H groups in total. The number of rotatable bonds is 4. The molecule has 6 heteroatoms. The number of ether oxygens (including phenoxy) is 1. The number of nitrogens with two attached hydrogens (primary N) is 1. The number of pyridine rings is 1. The zero-order valence-corrected chi connectivity index (χ0v) is 12.3. The third-order valence-electron chi connectivity index (χ3n) is 2.63. The minimum absolute atomic E-state index is 0.0457. The summed E-state index contributed by atoms with van der Waals surface area (Å²) in [5.74, 6) is -1.33. The summed E-state index contributed by atoms with van der Waals surface area (Å²) in [6, 6.07) is 3.41. The molecule has 6 nitrogen and oxygen atoms in total. The first-order chi connectivity index (χ1) is 9.19. The Morgan fingerprint density at radius 3 is 2.30 bits per heavy atom. The van der Waals surface area contributed by atoms with Gasteiger partial charge in [-0.15, -0.1) is 0 Å². The zero-order valence-electron chi connectivity index (χ0n) is 12.3. The Balaban J connectivity index is 3.04. The molecule has 0 aromatic carbocycles. The van der Waals surface area contributed by atoms with Gasteiger partial charge in [0.15, 0.2) is 5.54 Å². The predicted molar refractivity (Wildman–Crippen MR) is 74.8 cm³/mol. The molecule has 1 heterocycles. The Hall–Kier alpha value is -1.95. The monoisotopic (exact) mass is 279 g/mol. The largest absolute Gasteiger partial charge is 0.458 e. The van der Waals surface area contributed by atoms with Crippen molar-refractivity contribution in [1.29, 1.82) is 0 Å². The third-order valence-corrected chi connectivity index (χ3v) is 2.63. The molecule has 20 heavy (non-hydrogen) atoms. The average Bonchev–Trinajstić information content (AvgIpc) is 2.36. The molecular weight excluding hydrogens is 258 g/mol. The van der Waals surface area contributed by atoms with Crippen LogP contribution in [-0.4, -0.2) is 35.0 Å². The van der Waals surface area contributed by atoms with Gasteiger partial charge in [0.25, 0.3) is 5.91 Å². The molecule has 0 aliphatic heterocycles. The molecule has 1 amide bonds. The highest BCUT2D eigenvalue weighted by Gasteiger charge is 2.44. The number of carbonyl (C=O) groups excluding carboxylic acids is 2. The quantitative estimate of drug-likeness (QED) is 0.615. The fourth-order valence-corrected chi connectivity index (χ4v) is 1.66. The lowest BCUT2D eigenvalue weighted by atomic mass is 9.91. The van der Waals surface area contributed by atoms with Gasteiger partial charge in [-0.2, -0.15) is 0 Å². The van der Waals surface area contributed by atoms with E-state index in [1.165, 1.54) is 7.05 Å². The number of aromatic nitrogens is 1. The molecule has 110 valence electrons. The van der Waals surface area contributed by atoms with E-state index in [1.54, 1.807) is 45.3 Å². The molecule has 0 bridgehead atoms. The van der Waals surface area contributed by atoms with Gasteiger partial charge < -0.3 is 15.8 Å². The first-order valence-corrected chi connectivity index (χ1v) is 6.32. The standard InChI is InChI=1S/C14H21N3O3/c1-13(2,3)20-12(19)14(15,11(18)16-4)9-10-5-7-17-8-6-10/h5-8H,9,15H2,1-4H3,(H,16,18)/t14-/m0/s1. The summed E-state index contributed by atoms with van der Waals surface area (Å²) in [7, 11) is 1.43. The van der Waals surface area contributed by atoms with Crippen LogP contribution in [0.2, 0.25) is 0 Å². The Morgan fingerprint density at radius 1 is 1.30 bits per heavy atom. The topological polar surface area (TPSA) is 94.3 Å². The number of likely N-dealkylation sites (N-methyl/N-ethyl adjacent to an activating group) is 1. The molecule has 0 spiro atoms. The maximum atomic E-state index is 12.3. The SMILES string of the molecule is CNC(=O)[C@@](N)(Cc1ccncc1)C(=O)OC(C)(C)C. The van der Waals surface area contributed by atoms with Crippen molar-refractivity contribution in [2.45, 2.75) is 38.3 Å². The van der Waals surface area contributed by atoms with Crippen LogP contribution < -0.4 is 11.1 Å². The van der Waals surface area contributed by atoms with E-state index in [2.05, 4.69) is 10.3 Å². The van der Waals surface area contributed by atoms with E-state index >= 15 is 0 Å². The maximum Gasteiger partial charge on any atom is 0.336 e. The van der Waals surface area contributed by atoms with Crippen molar-refractivity contribution in [3.05, 3.63) is 30.1 Å². The highest BCUT2D eigenvalue weighted by atomic mass is 16.6. The molecule has 0 fully saturated rings. The van der Waals surface area contributed by atoms with Crippen LogP contribution in [0.3, 0.4) is 0 Å². The third kappa shape index (κ3) is 4.03. The highest BCUT2D eigenvalue weighted by molar-refractivity contribution is 6.07. The molecule has 0 aliphatic rings. The highest BCUT2D eigenvalue weighted by Crippen LogP contribution is 2.17. The van der Waals surface area contributed by atoms with E-state index in [0.717, 1.165) is 5.56 Å². The lowest BCUT2D eigenvalue weighted by Crippen LogP contribution is -2.62. The van der Waals surface area contributed by atoms with Crippen LogP contribution in [0.5, 0.6) is 0 Å². The number of esters is 1. The van der Waals surface area contributed by atoms with Crippen molar-refractivity contribution in [2.75, 3.05) is 7.05 Å². The van der Waals surface area contributed by atoms with Crippen molar-refractivity contribution < 1.29 is 14.3 Å². The minimum Gasteiger partial charge on any atom is -0.458 e. The summed E-state index contributed by atoms with van der Waals surface area (Å²) < 4.78 is 5.26. The van der Waals surface area contributed by atoms with E-state index < -0.39 is 23.0 Å². The fourth-order valence-electron chi connectivity index (χ4n) is 1.66. The van der Waals surface area contributed by atoms with Crippen molar-refractivity contribution >= 4 is 11.9 Å². The second-order valence-electron chi connectivity index (χ2n) is 5.58. The van der Waals surface area contributed by atoms with Crippen molar-refractivity contribution in [3.8, 4) is 0 Å². The van der Waals surface area contributed by atoms with E-state index in [1.807, 2.05) is 0 Å². The van der Waals surface area contributed by atoms with Crippen LogP contribution in [0.25, 0.3) is 0 Å². The van der Waals surface area contributed by atoms with E-state index in [0.29, 0.717) is 0 Å². The number of hydrogen-bond donors (Lipinski definition) is 2. The number of amides is 1. The normalized spacial score (nSPS) is 14.2. The van der Waals surface area contributed by atoms with Crippen LogP contribution in [0.4, 0.5) is 0 Å². The van der Waals surface area contributed by atoms with Gasteiger partial charge in [0.05, 0.1) is 0 Å². The molecule has 1 aromatic rings. The molecule has 0 aliphatic carbocycles. The van der Waals surface area contributed by atoms with Gasteiger partial charge in [-0.05, 0) is 38.5 Å². The first-order valence-electron chi connectivity index (χ1n) is 6.32. The smallest absolute Gasteiger partial charge is 0.336 e. The molecule has 1 aromatic heterocycles. The van der Waals surface area contributed by atoms with Gasteiger partial charge >= 0.3 is 5.97 Å². The van der Waals surface area contributed by atoms with Gasteiger partial charge in [0, 0.05) is 25.9 Å². The number of nitrogens with one attached hydrogen (secondary N) is 1. The van der Waals surface area contributed by atoms with Gasteiger partial charge in [0.1, 0.15) is 5.60 Å². The Kier molecular flexibility index (Phi) is 4.83. The summed E-state index contributed by atoms with van der Waals surface area (Å²) >= 11 is 0. The van der Waals surface area contributed by atoms with Crippen LogP contribution in [0, 0.1) is 0 Å². The second kappa shape index (κ2) is 6.00. The molecule has 0 unspecified atom stereocenters. The lowest BCUT2D eigenvalue weighted by molar-refractivity contribution is -0.164. The molecule has 1 rings (SSSR count). The predicted octanol–water partition coefficient (Wildman–Crippen LogP) is 0.409. The van der Waals surface area contributed by atoms with E-state index in [9.17, 15) is 9.59 Å². The lowest BCUT2D eigenvalue weighted by Gasteiger charge is -2.29. The minimum atomic E-state index is -1.76. The van der Waals surface area contributed by atoms with Gasteiger partial charge in [-0.25, -0.2) is 4.79 Å². The fraction of sp³-hybridized carbons (Fsp3) is 0.500. The second-order valence-corrected chi connectivity index (χ2v) is 5.58. The number of hydrogen-bond acceptors (Lipinski definition) is 5. The van der Waals surface area contributed by atoms with Crippen LogP contribution in [0.1, 0.15) is 26.3 Å². The van der Waals surface area contributed by atoms with E-state index in [4.69, 9.17) is 10.5 Å². The molecule has 1 atom stereocenters. The van der Waals surface area contributed by atoms with Crippen molar-refractivity contribution in [1.82, 2.24) is 10.3 Å². The first kappa shape index (κ1) is 16.1. The molecule has 0 saturated carbocycles.